The molecule has 0 bridgehead atoms. The number of benzene rings is 2. The Morgan fingerprint density at radius 2 is 1.58 bits per heavy atom. The van der Waals surface area contributed by atoms with E-state index in [4.69, 9.17) is 16.7 Å². The van der Waals surface area contributed by atoms with E-state index in [-0.39, 0.29) is 10.8 Å². The highest BCUT2D eigenvalue weighted by molar-refractivity contribution is 7.89. The van der Waals surface area contributed by atoms with Crippen LogP contribution in [-0.4, -0.2) is 20.9 Å². The van der Waals surface area contributed by atoms with E-state index >= 15 is 0 Å². The van der Waals surface area contributed by atoms with Crippen LogP contribution in [0.15, 0.2) is 53.4 Å². The Morgan fingerprint density at radius 3 is 2.17 bits per heavy atom. The molecule has 3 N–H and O–H groups in total. The van der Waals surface area contributed by atoms with Crippen LogP contribution in [0.1, 0.15) is 17.5 Å². The van der Waals surface area contributed by atoms with Gasteiger partial charge in [0.05, 0.1) is 11.3 Å². The van der Waals surface area contributed by atoms with Gasteiger partial charge in [-0.2, -0.15) is 0 Å². The van der Waals surface area contributed by atoms with Gasteiger partial charge in [-0.25, -0.2) is 13.6 Å². The zero-order valence-corrected chi connectivity index (χ0v) is 14.6. The third-order valence-electron chi connectivity index (χ3n) is 3.49. The minimum atomic E-state index is -3.65. The highest BCUT2D eigenvalue weighted by Gasteiger charge is 2.07. The summed E-state index contributed by atoms with van der Waals surface area (Å²) in [6.45, 7) is 0.559. The van der Waals surface area contributed by atoms with Gasteiger partial charge in [0.15, 0.2) is 0 Å². The summed E-state index contributed by atoms with van der Waals surface area (Å²) in [5.74, 6) is -0.0399. The molecule has 0 heterocycles. The van der Waals surface area contributed by atoms with Gasteiger partial charge < -0.3 is 5.32 Å². The molecule has 2 aromatic carbocycles. The van der Waals surface area contributed by atoms with Crippen molar-refractivity contribution in [2.75, 3.05) is 6.54 Å². The minimum absolute atomic E-state index is 0.0399. The molecule has 24 heavy (non-hydrogen) atoms. The van der Waals surface area contributed by atoms with Gasteiger partial charge in [-0.15, -0.1) is 0 Å². The molecule has 0 aromatic heterocycles. The van der Waals surface area contributed by atoms with Gasteiger partial charge in [0.1, 0.15) is 0 Å². The number of nitrogens with one attached hydrogen (secondary N) is 1. The van der Waals surface area contributed by atoms with Gasteiger partial charge in [-0.1, -0.05) is 35.9 Å². The summed E-state index contributed by atoms with van der Waals surface area (Å²) in [6.07, 6.45) is 1.83. The number of halogens is 1. The van der Waals surface area contributed by atoms with Crippen molar-refractivity contribution >= 4 is 27.5 Å². The number of primary sulfonamides is 1. The Labute approximate surface area is 146 Å². The van der Waals surface area contributed by atoms with Crippen molar-refractivity contribution in [3.05, 3.63) is 64.7 Å². The van der Waals surface area contributed by atoms with Crippen molar-refractivity contribution in [2.24, 2.45) is 5.14 Å². The lowest BCUT2D eigenvalue weighted by molar-refractivity contribution is -0.120. The Kier molecular flexibility index (Phi) is 6.36. The molecule has 0 atom stereocenters. The molecule has 0 aliphatic heterocycles. The molecular weight excluding hydrogens is 348 g/mol. The molecule has 0 saturated carbocycles. The molecular formula is C17H19ClN2O3S. The predicted octanol–water partition coefficient (Wildman–Crippen LogP) is 2.28. The maximum Gasteiger partial charge on any atom is 0.238 e. The highest BCUT2D eigenvalue weighted by atomic mass is 35.5. The van der Waals surface area contributed by atoms with Crippen LogP contribution in [-0.2, 0) is 27.7 Å². The van der Waals surface area contributed by atoms with Crippen molar-refractivity contribution in [3.8, 4) is 0 Å². The molecule has 5 nitrogen and oxygen atoms in total. The van der Waals surface area contributed by atoms with Gasteiger partial charge in [0, 0.05) is 11.6 Å². The first-order valence-electron chi connectivity index (χ1n) is 7.47. The lowest BCUT2D eigenvalue weighted by atomic mass is 10.1. The van der Waals surface area contributed by atoms with Gasteiger partial charge in [0.2, 0.25) is 15.9 Å². The second kappa shape index (κ2) is 8.28. The molecule has 0 aliphatic carbocycles. The van der Waals surface area contributed by atoms with E-state index in [2.05, 4.69) is 5.32 Å². The number of rotatable bonds is 7. The summed E-state index contributed by atoms with van der Waals surface area (Å²) < 4.78 is 22.3. The summed E-state index contributed by atoms with van der Waals surface area (Å²) in [5, 5.41) is 8.56. The Bertz CT molecular complexity index is 788. The van der Waals surface area contributed by atoms with Crippen LogP contribution in [0.5, 0.6) is 0 Å². The average Bonchev–Trinajstić information content (AvgIpc) is 2.53. The zero-order valence-electron chi connectivity index (χ0n) is 13.0. The lowest BCUT2D eigenvalue weighted by Gasteiger charge is -2.06. The molecule has 0 fully saturated rings. The van der Waals surface area contributed by atoms with Crippen LogP contribution >= 0.6 is 11.6 Å². The maximum absolute atomic E-state index is 11.8. The SMILES string of the molecule is NS(=O)(=O)c1ccc(CCCNC(=O)Cc2ccc(Cl)cc2)cc1. The Morgan fingerprint density at radius 1 is 1.00 bits per heavy atom. The number of nitrogens with two attached hydrogens (primary N) is 1. The number of carbonyl (C=O) groups is 1. The Hall–Kier alpha value is -1.89. The number of amides is 1. The first kappa shape index (κ1) is 18.4. The molecule has 0 saturated heterocycles. The molecule has 0 unspecified atom stereocenters. The van der Waals surface area contributed by atoms with Gasteiger partial charge in [-0.05, 0) is 48.2 Å². The first-order valence-corrected chi connectivity index (χ1v) is 9.40. The number of sulfonamides is 1. The van der Waals surface area contributed by atoms with E-state index in [1.54, 1.807) is 24.3 Å². The maximum atomic E-state index is 11.8. The summed E-state index contributed by atoms with van der Waals surface area (Å²) in [5.41, 5.74) is 1.91. The van der Waals surface area contributed by atoms with Crippen molar-refractivity contribution in [2.45, 2.75) is 24.2 Å². The summed E-state index contributed by atoms with van der Waals surface area (Å²) in [7, 11) is -3.65. The van der Waals surface area contributed by atoms with E-state index in [0.29, 0.717) is 18.0 Å². The molecule has 0 spiro atoms. The smallest absolute Gasteiger partial charge is 0.238 e. The van der Waals surface area contributed by atoms with E-state index in [0.717, 1.165) is 24.0 Å². The number of hydrogen-bond donors (Lipinski definition) is 2. The second-order valence-electron chi connectivity index (χ2n) is 5.45. The molecule has 2 rings (SSSR count). The van der Waals surface area contributed by atoms with Crippen LogP contribution < -0.4 is 10.5 Å². The van der Waals surface area contributed by atoms with Crippen LogP contribution in [0.25, 0.3) is 0 Å². The van der Waals surface area contributed by atoms with Crippen LogP contribution in [0.4, 0.5) is 0 Å². The largest absolute Gasteiger partial charge is 0.356 e. The van der Waals surface area contributed by atoms with Crippen LogP contribution in [0.2, 0.25) is 5.02 Å². The fourth-order valence-corrected chi connectivity index (χ4v) is 2.86. The van der Waals surface area contributed by atoms with Gasteiger partial charge in [-0.3, -0.25) is 4.79 Å². The molecule has 7 heteroatoms. The fraction of sp³-hybridized carbons (Fsp3) is 0.235. The van der Waals surface area contributed by atoms with Crippen LogP contribution in [0.3, 0.4) is 0 Å². The molecule has 2 aromatic rings. The standard InChI is InChI=1S/C17H19ClN2O3S/c18-15-7-3-14(4-8-15)12-17(21)20-11-1-2-13-5-9-16(10-6-13)24(19,22)23/h3-10H,1-2,11-12H2,(H,20,21)(H2,19,22,23). The third kappa shape index (κ3) is 5.96. The van der Waals surface area contributed by atoms with Gasteiger partial charge >= 0.3 is 0 Å². The topological polar surface area (TPSA) is 89.3 Å². The first-order chi connectivity index (χ1) is 11.3. The van der Waals surface area contributed by atoms with Crippen molar-refractivity contribution < 1.29 is 13.2 Å². The van der Waals surface area contributed by atoms with E-state index < -0.39 is 10.0 Å². The molecule has 1 amide bonds. The minimum Gasteiger partial charge on any atom is -0.356 e. The van der Waals surface area contributed by atoms with Crippen molar-refractivity contribution in [1.82, 2.24) is 5.32 Å². The predicted molar refractivity (Wildman–Crippen MR) is 94.3 cm³/mol. The lowest BCUT2D eigenvalue weighted by Crippen LogP contribution is -2.26. The summed E-state index contributed by atoms with van der Waals surface area (Å²) >= 11 is 5.80. The summed E-state index contributed by atoms with van der Waals surface area (Å²) in [4.78, 5) is 11.9. The monoisotopic (exact) mass is 366 g/mol. The normalized spacial score (nSPS) is 11.2. The highest BCUT2D eigenvalue weighted by Crippen LogP contribution is 2.11. The van der Waals surface area contributed by atoms with Crippen molar-refractivity contribution in [1.29, 1.82) is 0 Å². The van der Waals surface area contributed by atoms with Gasteiger partial charge in [0.25, 0.3) is 0 Å². The Balaban J connectivity index is 1.72. The second-order valence-corrected chi connectivity index (χ2v) is 7.44. The van der Waals surface area contributed by atoms with Crippen molar-refractivity contribution in [3.63, 3.8) is 0 Å². The molecule has 128 valence electrons. The van der Waals surface area contributed by atoms with E-state index in [1.807, 2.05) is 12.1 Å². The fourth-order valence-electron chi connectivity index (χ4n) is 2.22. The quantitative estimate of drug-likeness (QED) is 0.736. The van der Waals surface area contributed by atoms with E-state index in [1.165, 1.54) is 12.1 Å². The van der Waals surface area contributed by atoms with Crippen LogP contribution in [0, 0.1) is 0 Å². The average molecular weight is 367 g/mol. The number of carbonyl (C=O) groups excluding carboxylic acids is 1. The molecule has 0 radical (unpaired) electrons. The summed E-state index contributed by atoms with van der Waals surface area (Å²) in [6, 6.07) is 13.6. The van der Waals surface area contributed by atoms with E-state index in [9.17, 15) is 13.2 Å². The third-order valence-corrected chi connectivity index (χ3v) is 4.68. The number of aryl methyl sites for hydroxylation is 1. The molecule has 0 aliphatic rings. The number of hydrogen-bond acceptors (Lipinski definition) is 3. The zero-order chi connectivity index (χ0) is 17.6.